The number of ketones is 1. The second-order valence-electron chi connectivity index (χ2n) is 4.69. The molecule has 1 aliphatic heterocycles. The van der Waals surface area contributed by atoms with Crippen molar-refractivity contribution < 1.29 is 9.53 Å². The molecule has 4 heteroatoms. The Labute approximate surface area is 127 Å². The Morgan fingerprint density at radius 2 is 1.90 bits per heavy atom. The highest BCUT2D eigenvalue weighted by Gasteiger charge is 2.28. The molecule has 0 spiro atoms. The third kappa shape index (κ3) is 2.47. The molecule has 0 aliphatic carbocycles. The Hall–Kier alpha value is -1.35. The number of benzene rings is 2. The number of rotatable bonds is 2. The molecule has 1 unspecified atom stereocenters. The van der Waals surface area contributed by atoms with Crippen molar-refractivity contribution in [2.24, 2.45) is 0 Å². The maximum absolute atomic E-state index is 12.6. The van der Waals surface area contributed by atoms with Crippen LogP contribution in [0.3, 0.4) is 0 Å². The van der Waals surface area contributed by atoms with Crippen LogP contribution < -0.4 is 0 Å². The first-order valence-electron chi connectivity index (χ1n) is 6.35. The predicted molar refractivity (Wildman–Crippen MR) is 79.6 cm³/mol. The molecule has 0 saturated heterocycles. The molecular weight excluding hydrogens is 295 g/mol. The molecule has 2 aromatic carbocycles. The lowest BCUT2D eigenvalue weighted by Crippen LogP contribution is -2.23. The van der Waals surface area contributed by atoms with Crippen LogP contribution in [0.5, 0.6) is 0 Å². The minimum absolute atomic E-state index is 0.0873. The van der Waals surface area contributed by atoms with E-state index < -0.39 is 6.10 Å². The third-order valence-corrected chi connectivity index (χ3v) is 4.17. The van der Waals surface area contributed by atoms with Gasteiger partial charge in [0.2, 0.25) is 0 Å². The van der Waals surface area contributed by atoms with Gasteiger partial charge in [-0.2, -0.15) is 0 Å². The van der Waals surface area contributed by atoms with Crippen molar-refractivity contribution in [3.8, 4) is 0 Å². The van der Waals surface area contributed by atoms with Gasteiger partial charge < -0.3 is 4.74 Å². The van der Waals surface area contributed by atoms with Crippen LogP contribution in [-0.4, -0.2) is 12.4 Å². The van der Waals surface area contributed by atoms with Crippen LogP contribution >= 0.6 is 23.2 Å². The molecule has 3 rings (SSSR count). The molecule has 1 aliphatic rings. The highest BCUT2D eigenvalue weighted by atomic mass is 35.5. The zero-order valence-electron chi connectivity index (χ0n) is 10.6. The standard InChI is InChI=1S/C16H12Cl2O2/c17-13-6-5-11(9-14(13)18)15(19)16-12-4-2-1-3-10(12)7-8-20-16/h1-6,9,16H,7-8H2. The molecular formula is C16H12Cl2O2. The SMILES string of the molecule is O=C(c1ccc(Cl)c(Cl)c1)C1OCCc2ccccc21. The third-order valence-electron chi connectivity index (χ3n) is 3.44. The fourth-order valence-corrected chi connectivity index (χ4v) is 2.71. The fraction of sp³-hybridized carbons (Fsp3) is 0.188. The van der Waals surface area contributed by atoms with Crippen molar-refractivity contribution >= 4 is 29.0 Å². The van der Waals surface area contributed by atoms with Crippen molar-refractivity contribution in [2.75, 3.05) is 6.61 Å². The van der Waals surface area contributed by atoms with E-state index in [0.717, 1.165) is 17.5 Å². The minimum atomic E-state index is -0.558. The summed E-state index contributed by atoms with van der Waals surface area (Å²) in [5.74, 6) is -0.0873. The van der Waals surface area contributed by atoms with Gasteiger partial charge in [0.25, 0.3) is 0 Å². The molecule has 1 atom stereocenters. The number of hydrogen-bond acceptors (Lipinski definition) is 2. The number of ether oxygens (including phenoxy) is 1. The molecule has 0 N–H and O–H groups in total. The van der Waals surface area contributed by atoms with Crippen molar-refractivity contribution in [3.05, 3.63) is 69.2 Å². The van der Waals surface area contributed by atoms with E-state index in [4.69, 9.17) is 27.9 Å². The fourth-order valence-electron chi connectivity index (χ4n) is 2.41. The zero-order chi connectivity index (χ0) is 14.1. The number of hydrogen-bond donors (Lipinski definition) is 0. The van der Waals surface area contributed by atoms with E-state index in [-0.39, 0.29) is 5.78 Å². The van der Waals surface area contributed by atoms with Crippen molar-refractivity contribution in [2.45, 2.75) is 12.5 Å². The second kappa shape index (κ2) is 5.57. The Morgan fingerprint density at radius 1 is 1.10 bits per heavy atom. The lowest BCUT2D eigenvalue weighted by Gasteiger charge is -2.25. The van der Waals surface area contributed by atoms with Gasteiger partial charge >= 0.3 is 0 Å². The summed E-state index contributed by atoms with van der Waals surface area (Å²) < 4.78 is 5.67. The van der Waals surface area contributed by atoms with Crippen LogP contribution in [0, 0.1) is 0 Å². The Bertz CT molecular complexity index is 667. The Morgan fingerprint density at radius 3 is 2.70 bits per heavy atom. The maximum Gasteiger partial charge on any atom is 0.196 e. The van der Waals surface area contributed by atoms with Crippen LogP contribution in [0.1, 0.15) is 27.6 Å². The first-order valence-corrected chi connectivity index (χ1v) is 7.11. The average molecular weight is 307 g/mol. The monoisotopic (exact) mass is 306 g/mol. The molecule has 102 valence electrons. The number of carbonyl (C=O) groups excluding carboxylic acids is 1. The smallest absolute Gasteiger partial charge is 0.196 e. The van der Waals surface area contributed by atoms with Crippen molar-refractivity contribution in [1.82, 2.24) is 0 Å². The molecule has 0 aromatic heterocycles. The van der Waals surface area contributed by atoms with E-state index in [1.165, 1.54) is 0 Å². The molecule has 2 aromatic rings. The van der Waals surface area contributed by atoms with Crippen molar-refractivity contribution in [1.29, 1.82) is 0 Å². The van der Waals surface area contributed by atoms with E-state index in [2.05, 4.69) is 0 Å². The normalized spacial score (nSPS) is 17.6. The van der Waals surface area contributed by atoms with Gasteiger partial charge in [-0.3, -0.25) is 4.79 Å². The van der Waals surface area contributed by atoms with Crippen molar-refractivity contribution in [3.63, 3.8) is 0 Å². The molecule has 0 fully saturated rings. The van der Waals surface area contributed by atoms with Gasteiger partial charge in [0.05, 0.1) is 16.7 Å². The molecule has 2 nitrogen and oxygen atoms in total. The first-order chi connectivity index (χ1) is 9.66. The summed E-state index contributed by atoms with van der Waals surface area (Å²) in [6.45, 7) is 0.550. The van der Waals surface area contributed by atoms with Crippen LogP contribution in [0.25, 0.3) is 0 Å². The summed E-state index contributed by atoms with van der Waals surface area (Å²) in [7, 11) is 0. The quantitative estimate of drug-likeness (QED) is 0.764. The predicted octanol–water partition coefficient (Wildman–Crippen LogP) is 4.49. The topological polar surface area (TPSA) is 26.3 Å². The van der Waals surface area contributed by atoms with Gasteiger partial charge in [-0.1, -0.05) is 47.5 Å². The van der Waals surface area contributed by atoms with Gasteiger partial charge in [-0.05, 0) is 35.7 Å². The lowest BCUT2D eigenvalue weighted by molar-refractivity contribution is 0.0349. The van der Waals surface area contributed by atoms with Crippen LogP contribution in [0.2, 0.25) is 10.0 Å². The van der Waals surface area contributed by atoms with Gasteiger partial charge in [0, 0.05) is 5.56 Å². The van der Waals surface area contributed by atoms with Gasteiger partial charge in [-0.15, -0.1) is 0 Å². The molecule has 0 saturated carbocycles. The lowest BCUT2D eigenvalue weighted by atomic mass is 9.92. The molecule has 0 bridgehead atoms. The summed E-state index contributed by atoms with van der Waals surface area (Å²) in [6, 6.07) is 12.8. The largest absolute Gasteiger partial charge is 0.365 e. The number of halogens is 2. The maximum atomic E-state index is 12.6. The molecule has 0 amide bonds. The van der Waals surface area contributed by atoms with Gasteiger partial charge in [0.1, 0.15) is 6.10 Å². The van der Waals surface area contributed by atoms with E-state index in [1.54, 1.807) is 18.2 Å². The Balaban J connectivity index is 1.97. The van der Waals surface area contributed by atoms with Crippen LogP contribution in [0.15, 0.2) is 42.5 Å². The average Bonchev–Trinajstić information content (AvgIpc) is 2.49. The number of carbonyl (C=O) groups is 1. The number of Topliss-reactive ketones (excluding diaryl/α,β-unsaturated/α-hetero) is 1. The zero-order valence-corrected chi connectivity index (χ0v) is 12.1. The summed E-state index contributed by atoms with van der Waals surface area (Å²) in [4.78, 5) is 12.6. The van der Waals surface area contributed by atoms with E-state index in [0.29, 0.717) is 22.2 Å². The summed E-state index contributed by atoms with van der Waals surface area (Å²) in [6.07, 6.45) is 0.276. The molecule has 1 heterocycles. The summed E-state index contributed by atoms with van der Waals surface area (Å²) >= 11 is 11.8. The molecule has 20 heavy (non-hydrogen) atoms. The minimum Gasteiger partial charge on any atom is -0.365 e. The van der Waals surface area contributed by atoms with E-state index in [1.807, 2.05) is 24.3 Å². The highest BCUT2D eigenvalue weighted by Crippen LogP contribution is 2.31. The van der Waals surface area contributed by atoms with Crippen LogP contribution in [0.4, 0.5) is 0 Å². The summed E-state index contributed by atoms with van der Waals surface area (Å²) in [5.41, 5.74) is 2.62. The van der Waals surface area contributed by atoms with Gasteiger partial charge in [-0.25, -0.2) is 0 Å². The Kier molecular flexibility index (Phi) is 3.79. The number of fused-ring (bicyclic) bond motifs is 1. The first kappa shape index (κ1) is 13.6. The highest BCUT2D eigenvalue weighted by molar-refractivity contribution is 6.42. The van der Waals surface area contributed by atoms with Gasteiger partial charge in [0.15, 0.2) is 5.78 Å². The summed E-state index contributed by atoms with van der Waals surface area (Å²) in [5, 5.41) is 0.815. The van der Waals surface area contributed by atoms with E-state index >= 15 is 0 Å². The molecule has 0 radical (unpaired) electrons. The van der Waals surface area contributed by atoms with E-state index in [9.17, 15) is 4.79 Å². The second-order valence-corrected chi connectivity index (χ2v) is 5.51. The van der Waals surface area contributed by atoms with Crippen LogP contribution in [-0.2, 0) is 11.2 Å².